The summed E-state index contributed by atoms with van der Waals surface area (Å²) >= 11 is 0. The van der Waals surface area contributed by atoms with Crippen LogP contribution in [0.4, 0.5) is 0 Å². The van der Waals surface area contributed by atoms with Crippen molar-refractivity contribution in [3.8, 4) is 0 Å². The Balaban J connectivity index is 1.93. The highest BCUT2D eigenvalue weighted by Crippen LogP contribution is 2.11. The van der Waals surface area contributed by atoms with Gasteiger partial charge >= 0.3 is 0 Å². The second-order valence-corrected chi connectivity index (χ2v) is 4.75. The number of aromatic nitrogens is 2. The first-order valence-electron chi connectivity index (χ1n) is 6.53. The van der Waals surface area contributed by atoms with E-state index in [-0.39, 0.29) is 24.6 Å². The van der Waals surface area contributed by atoms with Crippen LogP contribution in [0.2, 0.25) is 0 Å². The smallest absolute Gasteiger partial charge is 0.256 e. The number of nitrogens with one attached hydrogen (secondary N) is 1. The number of rotatable bonds is 5. The van der Waals surface area contributed by atoms with E-state index < -0.39 is 6.10 Å². The number of hydrogen-bond acceptors (Lipinski definition) is 5. The molecule has 112 valence electrons. The number of aliphatic hydroxyl groups excluding tert-OH is 1. The Morgan fingerprint density at radius 2 is 2.24 bits per heavy atom. The van der Waals surface area contributed by atoms with Crippen molar-refractivity contribution in [3.05, 3.63) is 51.8 Å². The molecule has 0 aliphatic rings. The number of nitrogens with zero attached hydrogens (tertiary/aromatic N) is 2. The molecule has 7 nitrogen and oxygen atoms in total. The molecule has 1 unspecified atom stereocenters. The molecule has 1 amide bonds. The van der Waals surface area contributed by atoms with Gasteiger partial charge in [-0.15, -0.1) is 0 Å². The summed E-state index contributed by atoms with van der Waals surface area (Å²) in [4.78, 5) is 23.5. The Kier molecular flexibility index (Phi) is 4.54. The number of aliphatic hydroxyl groups is 1. The normalized spacial score (nSPS) is 12.1. The number of carbonyl (C=O) groups is 1. The molecule has 2 N–H and O–H groups in total. The molecular formula is C14H17N3O4. The Hall–Kier alpha value is -2.41. The molecule has 7 heteroatoms. The van der Waals surface area contributed by atoms with Gasteiger partial charge in [0.1, 0.15) is 11.3 Å². The molecule has 2 aromatic rings. The highest BCUT2D eigenvalue weighted by Gasteiger charge is 2.18. The van der Waals surface area contributed by atoms with Gasteiger partial charge in [0.15, 0.2) is 0 Å². The molecule has 0 saturated heterocycles. The topological polar surface area (TPSA) is 97.4 Å². The van der Waals surface area contributed by atoms with Crippen LogP contribution in [0.15, 0.2) is 33.7 Å². The van der Waals surface area contributed by atoms with Crippen LogP contribution in [0.25, 0.3) is 0 Å². The van der Waals surface area contributed by atoms with E-state index in [2.05, 4.69) is 10.5 Å². The zero-order valence-electron chi connectivity index (χ0n) is 11.9. The largest absolute Gasteiger partial charge is 0.389 e. The van der Waals surface area contributed by atoms with Gasteiger partial charge in [-0.1, -0.05) is 11.2 Å². The van der Waals surface area contributed by atoms with Crippen LogP contribution in [0.3, 0.4) is 0 Å². The second kappa shape index (κ2) is 6.36. The van der Waals surface area contributed by atoms with Gasteiger partial charge in [0.05, 0.1) is 18.3 Å². The third-order valence-electron chi connectivity index (χ3n) is 3.07. The van der Waals surface area contributed by atoms with E-state index in [9.17, 15) is 14.7 Å². The fraction of sp³-hybridized carbons (Fsp3) is 0.357. The van der Waals surface area contributed by atoms with E-state index >= 15 is 0 Å². The standard InChI is InChI=1S/C14H17N3O4/c1-9-13(10(2)21-16-9)14(20)15-7-11(18)8-17-6-4-3-5-12(17)19/h3-6,11,18H,7-8H2,1-2H3,(H,15,20). The first-order chi connectivity index (χ1) is 9.99. The number of carbonyl (C=O) groups excluding carboxylic acids is 1. The Morgan fingerprint density at radius 1 is 1.48 bits per heavy atom. The van der Waals surface area contributed by atoms with Crippen molar-refractivity contribution in [2.45, 2.75) is 26.5 Å². The van der Waals surface area contributed by atoms with Crippen LogP contribution in [0.1, 0.15) is 21.8 Å². The summed E-state index contributed by atoms with van der Waals surface area (Å²) in [7, 11) is 0. The predicted octanol–water partition coefficient (Wildman–Crippen LogP) is 0.244. The van der Waals surface area contributed by atoms with Gasteiger partial charge in [-0.3, -0.25) is 9.59 Å². The number of aryl methyl sites for hydroxylation is 2. The molecule has 0 fully saturated rings. The third kappa shape index (κ3) is 3.57. The minimum atomic E-state index is -0.866. The second-order valence-electron chi connectivity index (χ2n) is 4.75. The lowest BCUT2D eigenvalue weighted by molar-refractivity contribution is 0.0901. The fourth-order valence-electron chi connectivity index (χ4n) is 2.01. The van der Waals surface area contributed by atoms with Gasteiger partial charge in [0, 0.05) is 18.8 Å². The lowest BCUT2D eigenvalue weighted by atomic mass is 10.2. The SMILES string of the molecule is Cc1noc(C)c1C(=O)NCC(O)Cn1ccccc1=O. The summed E-state index contributed by atoms with van der Waals surface area (Å²) in [6.07, 6.45) is 0.719. The number of hydrogen-bond donors (Lipinski definition) is 2. The molecule has 0 aromatic carbocycles. The van der Waals surface area contributed by atoms with Gasteiger partial charge in [-0.25, -0.2) is 0 Å². The molecule has 0 spiro atoms. The average Bonchev–Trinajstić information content (AvgIpc) is 2.78. The molecular weight excluding hydrogens is 274 g/mol. The maximum Gasteiger partial charge on any atom is 0.256 e. The lowest BCUT2D eigenvalue weighted by Crippen LogP contribution is -2.36. The van der Waals surface area contributed by atoms with Crippen molar-refractivity contribution >= 4 is 5.91 Å². The minimum Gasteiger partial charge on any atom is -0.389 e. The van der Waals surface area contributed by atoms with Crippen LogP contribution in [-0.4, -0.2) is 33.4 Å². The van der Waals surface area contributed by atoms with E-state index in [4.69, 9.17) is 4.52 Å². The van der Waals surface area contributed by atoms with Crippen molar-refractivity contribution in [1.82, 2.24) is 15.0 Å². The Bertz CT molecular complexity index is 670. The van der Waals surface area contributed by atoms with Crippen LogP contribution >= 0.6 is 0 Å². The summed E-state index contributed by atoms with van der Waals surface area (Å²) in [6.45, 7) is 3.46. The highest BCUT2D eigenvalue weighted by molar-refractivity contribution is 5.96. The zero-order chi connectivity index (χ0) is 15.4. The molecule has 2 aromatic heterocycles. The van der Waals surface area contributed by atoms with E-state index in [1.165, 1.54) is 10.6 Å². The maximum absolute atomic E-state index is 12.0. The Morgan fingerprint density at radius 3 is 2.86 bits per heavy atom. The van der Waals surface area contributed by atoms with Gasteiger partial charge < -0.3 is 19.5 Å². The highest BCUT2D eigenvalue weighted by atomic mass is 16.5. The maximum atomic E-state index is 12.0. The first-order valence-corrected chi connectivity index (χ1v) is 6.53. The average molecular weight is 291 g/mol. The quantitative estimate of drug-likeness (QED) is 0.822. The van der Waals surface area contributed by atoms with Crippen molar-refractivity contribution in [3.63, 3.8) is 0 Å². The van der Waals surface area contributed by atoms with Gasteiger partial charge in [0.2, 0.25) is 0 Å². The van der Waals surface area contributed by atoms with E-state index in [0.717, 1.165) is 0 Å². The summed E-state index contributed by atoms with van der Waals surface area (Å²) in [5, 5.41) is 16.2. The first kappa shape index (κ1) is 15.0. The summed E-state index contributed by atoms with van der Waals surface area (Å²) < 4.78 is 6.30. The number of pyridine rings is 1. The van der Waals surface area contributed by atoms with Crippen molar-refractivity contribution in [1.29, 1.82) is 0 Å². The summed E-state index contributed by atoms with van der Waals surface area (Å²) in [5.41, 5.74) is 0.673. The molecule has 2 heterocycles. The van der Waals surface area contributed by atoms with Crippen molar-refractivity contribution in [2.24, 2.45) is 0 Å². The molecule has 0 aliphatic heterocycles. The molecule has 0 saturated carbocycles. The van der Waals surface area contributed by atoms with Gasteiger partial charge in [-0.05, 0) is 19.9 Å². The van der Waals surface area contributed by atoms with Crippen LogP contribution < -0.4 is 10.9 Å². The van der Waals surface area contributed by atoms with Gasteiger partial charge in [-0.2, -0.15) is 0 Å². The minimum absolute atomic E-state index is 0.0320. The van der Waals surface area contributed by atoms with E-state index in [1.54, 1.807) is 32.2 Å². The van der Waals surface area contributed by atoms with E-state index in [1.807, 2.05) is 0 Å². The molecule has 0 bridgehead atoms. The molecule has 1 atom stereocenters. The predicted molar refractivity (Wildman–Crippen MR) is 75.0 cm³/mol. The van der Waals surface area contributed by atoms with Crippen LogP contribution in [0.5, 0.6) is 0 Å². The number of amides is 1. The van der Waals surface area contributed by atoms with Crippen molar-refractivity contribution < 1.29 is 14.4 Å². The summed E-state index contributed by atoms with van der Waals surface area (Å²) in [6, 6.07) is 4.75. The molecule has 0 radical (unpaired) electrons. The molecule has 2 rings (SSSR count). The monoisotopic (exact) mass is 291 g/mol. The fourth-order valence-corrected chi connectivity index (χ4v) is 2.01. The molecule has 0 aliphatic carbocycles. The van der Waals surface area contributed by atoms with Crippen molar-refractivity contribution in [2.75, 3.05) is 6.54 Å². The lowest BCUT2D eigenvalue weighted by Gasteiger charge is -2.13. The van der Waals surface area contributed by atoms with Crippen LogP contribution in [0, 0.1) is 13.8 Å². The van der Waals surface area contributed by atoms with Gasteiger partial charge in [0.25, 0.3) is 11.5 Å². The Labute approximate surface area is 121 Å². The molecule has 21 heavy (non-hydrogen) atoms. The zero-order valence-corrected chi connectivity index (χ0v) is 11.9. The van der Waals surface area contributed by atoms with Crippen LogP contribution in [-0.2, 0) is 6.54 Å². The van der Waals surface area contributed by atoms with E-state index in [0.29, 0.717) is 17.0 Å². The summed E-state index contributed by atoms with van der Waals surface area (Å²) in [5.74, 6) is 0.0736. The third-order valence-corrected chi connectivity index (χ3v) is 3.07.